The zero-order chi connectivity index (χ0) is 26.5. The Morgan fingerprint density at radius 3 is 2.42 bits per heavy atom. The third-order valence-electron chi connectivity index (χ3n) is 5.90. The molecule has 0 bridgehead atoms. The van der Waals surface area contributed by atoms with Crippen LogP contribution in [0.1, 0.15) is 32.4 Å². The summed E-state index contributed by atoms with van der Waals surface area (Å²) in [5.74, 6) is -1.85. The molecule has 182 valence electrons. The van der Waals surface area contributed by atoms with Gasteiger partial charge in [-0.1, -0.05) is 32.0 Å². The van der Waals surface area contributed by atoms with Crippen LogP contribution in [-0.2, 0) is 14.8 Å². The van der Waals surface area contributed by atoms with Gasteiger partial charge in [-0.2, -0.15) is 17.6 Å². The average molecular weight is 505 g/mol. The number of fused-ring (bicyclic) bond motifs is 2. The molecule has 0 radical (unpaired) electrons. The number of carboxylic acids is 1. The van der Waals surface area contributed by atoms with Crippen molar-refractivity contribution < 1.29 is 24.1 Å². The fourth-order valence-corrected chi connectivity index (χ4v) is 5.68. The van der Waals surface area contributed by atoms with Gasteiger partial charge >= 0.3 is 5.97 Å². The lowest BCUT2D eigenvalue weighted by atomic mass is 10.0. The fourth-order valence-electron chi connectivity index (χ4n) is 4.39. The van der Waals surface area contributed by atoms with Gasteiger partial charge < -0.3 is 9.67 Å². The number of aliphatic carboxylic acids is 1. The van der Waals surface area contributed by atoms with Crippen molar-refractivity contribution in [2.75, 3.05) is 0 Å². The molecule has 0 amide bonds. The van der Waals surface area contributed by atoms with Gasteiger partial charge in [-0.3, -0.25) is 0 Å². The molecule has 3 aromatic carbocycles. The van der Waals surface area contributed by atoms with Crippen LogP contribution >= 0.6 is 0 Å². The number of benzene rings is 3. The Bertz CT molecular complexity index is 1810. The van der Waals surface area contributed by atoms with Crippen molar-refractivity contribution in [1.29, 1.82) is 0 Å². The van der Waals surface area contributed by atoms with E-state index in [1.54, 1.807) is 42.5 Å². The molecular weight excluding hydrogens is 481 g/mol. The van der Waals surface area contributed by atoms with Gasteiger partial charge in [-0.25, -0.2) is 9.18 Å². The highest BCUT2D eigenvalue weighted by Gasteiger charge is 2.24. The van der Waals surface area contributed by atoms with E-state index in [-0.39, 0.29) is 22.4 Å². The molecule has 1 N–H and O–H groups in total. The summed E-state index contributed by atoms with van der Waals surface area (Å²) in [5, 5.41) is 14.5. The first-order valence-corrected chi connectivity index (χ1v) is 12.6. The Morgan fingerprint density at radius 2 is 1.78 bits per heavy atom. The molecule has 2 aromatic heterocycles. The van der Waals surface area contributed by atoms with Gasteiger partial charge in [0.25, 0.3) is 10.0 Å². The van der Waals surface area contributed by atoms with Crippen LogP contribution in [-0.4, -0.2) is 33.2 Å². The minimum Gasteiger partial charge on any atom is -0.478 e. The minimum absolute atomic E-state index is 0.0685. The first-order valence-electron chi connectivity index (χ1n) is 11.6. The minimum atomic E-state index is -4.02. The van der Waals surface area contributed by atoms with Crippen LogP contribution in [0.4, 0.5) is 4.39 Å². The predicted molar refractivity (Wildman–Crippen MR) is 136 cm³/mol. The van der Waals surface area contributed by atoms with Crippen molar-refractivity contribution >= 4 is 43.9 Å². The summed E-state index contributed by atoms with van der Waals surface area (Å²) >= 11 is 0. The standard InChI is InChI=1S/C27H22FN3O4S/c1-17(2)27-22(12-13-26(32)33)23-15-24-18(14-25(23)30(27)20-10-8-19(28)9-11-20)16-29-31(24)36(34,35)21-6-4-3-5-7-21/h3-17H,1-2H3,(H,32,33)/b13-12+/i12D. The zero-order valence-electron chi connectivity index (χ0n) is 20.4. The van der Waals surface area contributed by atoms with Gasteiger partial charge in [0.15, 0.2) is 0 Å². The Balaban J connectivity index is 1.90. The molecule has 0 spiro atoms. The van der Waals surface area contributed by atoms with Crippen molar-refractivity contribution in [2.24, 2.45) is 0 Å². The molecular formula is C27H22FN3O4S. The zero-order valence-corrected chi connectivity index (χ0v) is 20.2. The number of carboxylic acid groups (broad SMARTS) is 1. The lowest BCUT2D eigenvalue weighted by Gasteiger charge is -2.14. The molecule has 2 heterocycles. The highest BCUT2D eigenvalue weighted by molar-refractivity contribution is 7.90. The van der Waals surface area contributed by atoms with E-state index in [2.05, 4.69) is 5.10 Å². The molecule has 0 unspecified atom stereocenters. The van der Waals surface area contributed by atoms with E-state index in [1.807, 2.05) is 18.4 Å². The van der Waals surface area contributed by atoms with Crippen molar-refractivity contribution in [1.82, 2.24) is 13.8 Å². The highest BCUT2D eigenvalue weighted by Crippen LogP contribution is 2.37. The molecule has 5 rings (SSSR count). The molecule has 0 aliphatic carbocycles. The van der Waals surface area contributed by atoms with E-state index in [0.29, 0.717) is 33.2 Å². The molecule has 0 saturated carbocycles. The summed E-state index contributed by atoms with van der Waals surface area (Å²) in [6.45, 7) is 3.82. The molecule has 0 aliphatic heterocycles. The number of hydrogen-bond donors (Lipinski definition) is 1. The van der Waals surface area contributed by atoms with Crippen LogP contribution in [0.2, 0.25) is 0 Å². The summed E-state index contributed by atoms with van der Waals surface area (Å²) < 4.78 is 51.9. The first-order chi connectivity index (χ1) is 17.6. The van der Waals surface area contributed by atoms with Crippen LogP contribution in [0, 0.1) is 5.82 Å². The van der Waals surface area contributed by atoms with Crippen LogP contribution in [0.5, 0.6) is 0 Å². The van der Waals surface area contributed by atoms with Crippen LogP contribution < -0.4 is 0 Å². The van der Waals surface area contributed by atoms with Gasteiger partial charge in [0.1, 0.15) is 5.82 Å². The summed E-state index contributed by atoms with van der Waals surface area (Å²) in [4.78, 5) is 11.6. The van der Waals surface area contributed by atoms with E-state index in [1.165, 1.54) is 30.5 Å². The number of carbonyl (C=O) groups is 1. The third kappa shape index (κ3) is 3.87. The second-order valence-electron chi connectivity index (χ2n) is 8.59. The molecule has 36 heavy (non-hydrogen) atoms. The van der Waals surface area contributed by atoms with Crippen molar-refractivity contribution in [3.8, 4) is 5.69 Å². The number of nitrogens with zero attached hydrogens (tertiary/aromatic N) is 3. The third-order valence-corrected chi connectivity index (χ3v) is 7.51. The molecule has 0 saturated heterocycles. The average Bonchev–Trinajstić information content (AvgIpc) is 3.42. The van der Waals surface area contributed by atoms with E-state index in [9.17, 15) is 22.7 Å². The van der Waals surface area contributed by atoms with Gasteiger partial charge in [0, 0.05) is 33.8 Å². The van der Waals surface area contributed by atoms with Crippen molar-refractivity contribution in [2.45, 2.75) is 24.7 Å². The monoisotopic (exact) mass is 504 g/mol. The Morgan fingerprint density at radius 1 is 1.08 bits per heavy atom. The Hall–Kier alpha value is -4.24. The maximum atomic E-state index is 13.7. The molecule has 5 aromatic rings. The smallest absolute Gasteiger partial charge is 0.328 e. The Kier molecular flexibility index (Phi) is 5.41. The second-order valence-corrected chi connectivity index (χ2v) is 10.4. The number of halogens is 1. The SMILES string of the molecule is [2H]/C(=C\C(=O)O)c1c(C(C)C)n(-c2ccc(F)cc2)c2cc3cnn(S(=O)(=O)c4ccccc4)c3cc12. The van der Waals surface area contributed by atoms with E-state index in [0.717, 1.165) is 10.2 Å². The first kappa shape index (κ1) is 22.2. The second kappa shape index (κ2) is 8.76. The maximum Gasteiger partial charge on any atom is 0.328 e. The largest absolute Gasteiger partial charge is 0.478 e. The van der Waals surface area contributed by atoms with Gasteiger partial charge in [0.05, 0.1) is 23.5 Å². The summed E-state index contributed by atoms with van der Waals surface area (Å²) in [6.07, 6.45) is 2.25. The molecule has 7 nitrogen and oxygen atoms in total. The summed E-state index contributed by atoms with van der Waals surface area (Å²) in [6, 6.07) is 16.9. The van der Waals surface area contributed by atoms with Crippen molar-refractivity contribution in [3.05, 3.63) is 96.1 Å². The number of aromatic nitrogens is 3. The lowest BCUT2D eigenvalue weighted by molar-refractivity contribution is -0.131. The normalized spacial score (nSPS) is 13.0. The summed E-state index contributed by atoms with van der Waals surface area (Å²) in [7, 11) is -4.02. The topological polar surface area (TPSA) is 94.2 Å². The van der Waals surface area contributed by atoms with Crippen LogP contribution in [0.3, 0.4) is 0 Å². The number of hydrogen-bond acceptors (Lipinski definition) is 4. The van der Waals surface area contributed by atoms with Crippen LogP contribution in [0.15, 0.2) is 83.9 Å². The predicted octanol–water partition coefficient (Wildman–Crippen LogP) is 5.58. The molecule has 0 aliphatic rings. The molecule has 0 atom stereocenters. The quantitative estimate of drug-likeness (QED) is 0.305. The Labute approximate surface area is 208 Å². The van der Waals surface area contributed by atoms with E-state index < -0.39 is 21.8 Å². The molecule has 9 heteroatoms. The number of rotatable bonds is 6. The van der Waals surface area contributed by atoms with E-state index in [4.69, 9.17) is 1.37 Å². The van der Waals surface area contributed by atoms with Crippen molar-refractivity contribution in [3.63, 3.8) is 0 Å². The molecule has 0 fully saturated rings. The van der Waals surface area contributed by atoms with Gasteiger partial charge in [-0.05, 0) is 60.5 Å². The maximum absolute atomic E-state index is 13.7. The lowest BCUT2D eigenvalue weighted by Crippen LogP contribution is -2.14. The van der Waals surface area contributed by atoms with E-state index >= 15 is 0 Å². The van der Waals surface area contributed by atoms with Gasteiger partial charge in [0.2, 0.25) is 0 Å². The fraction of sp³-hybridized carbons (Fsp3) is 0.111. The van der Waals surface area contributed by atoms with Gasteiger partial charge in [-0.15, -0.1) is 0 Å². The van der Waals surface area contributed by atoms with Crippen LogP contribution in [0.25, 0.3) is 33.5 Å². The summed E-state index contributed by atoms with van der Waals surface area (Å²) in [5.41, 5.74) is 2.50. The highest BCUT2D eigenvalue weighted by atomic mass is 32.2.